The molecule has 3 nitrogen and oxygen atoms in total. The number of aliphatic imine (C=N–C) groups is 2. The molecule has 1 N–H and O–H groups in total. The van der Waals surface area contributed by atoms with Gasteiger partial charge in [-0.15, -0.1) is 0 Å². The van der Waals surface area contributed by atoms with Crippen LogP contribution in [0.25, 0.3) is 66.1 Å². The number of benzene rings is 10. The number of nitrogens with one attached hydrogen (secondary N) is 1. The zero-order valence-corrected chi connectivity index (χ0v) is 34.3. The van der Waals surface area contributed by atoms with Gasteiger partial charge < -0.3 is 5.32 Å². The van der Waals surface area contributed by atoms with Crippen molar-refractivity contribution in [2.24, 2.45) is 9.98 Å². The molecular weight excluding hydrogens is 763 g/mol. The zero-order valence-electron chi connectivity index (χ0n) is 34.3. The zero-order chi connectivity index (χ0) is 41.5. The van der Waals surface area contributed by atoms with E-state index in [0.29, 0.717) is 5.84 Å². The molecule has 0 saturated carbocycles. The van der Waals surface area contributed by atoms with Crippen LogP contribution < -0.4 is 5.32 Å². The van der Waals surface area contributed by atoms with Gasteiger partial charge in [0, 0.05) is 11.1 Å². The fraction of sp³-hybridized carbons (Fsp3) is 0.0333. The first-order valence-corrected chi connectivity index (χ1v) is 21.8. The molecule has 10 aromatic rings. The van der Waals surface area contributed by atoms with Crippen LogP contribution in [0, 0.1) is 0 Å². The first kappa shape index (κ1) is 35.6. The average Bonchev–Trinajstić information content (AvgIpc) is 3.84. The molecule has 0 bridgehead atoms. The molecule has 3 heteroatoms. The molecule has 1 unspecified atom stereocenters. The lowest BCUT2D eigenvalue weighted by Gasteiger charge is -2.31. The van der Waals surface area contributed by atoms with Crippen LogP contribution in [0.2, 0.25) is 0 Å². The van der Waals surface area contributed by atoms with E-state index in [1.807, 2.05) is 12.1 Å². The summed E-state index contributed by atoms with van der Waals surface area (Å²) in [5, 5.41) is 9.04. The summed E-state index contributed by atoms with van der Waals surface area (Å²) in [6.07, 6.45) is -0.282. The number of hydrogen-bond donors (Lipinski definition) is 1. The third kappa shape index (κ3) is 5.46. The summed E-state index contributed by atoms with van der Waals surface area (Å²) in [5.41, 5.74) is 17.8. The summed E-state index contributed by atoms with van der Waals surface area (Å²) >= 11 is 0. The second kappa shape index (κ2) is 14.0. The molecule has 13 rings (SSSR count). The van der Waals surface area contributed by atoms with Gasteiger partial charge in [0.15, 0.2) is 5.84 Å². The number of amidine groups is 2. The van der Waals surface area contributed by atoms with E-state index in [1.54, 1.807) is 0 Å². The molecule has 294 valence electrons. The Labute approximate surface area is 366 Å². The van der Waals surface area contributed by atoms with Gasteiger partial charge in [-0.3, -0.25) is 0 Å². The molecule has 0 aromatic heterocycles. The van der Waals surface area contributed by atoms with Crippen LogP contribution in [0.4, 0.5) is 0 Å². The molecule has 0 radical (unpaired) electrons. The lowest BCUT2D eigenvalue weighted by atomic mass is 9.70. The van der Waals surface area contributed by atoms with E-state index in [2.05, 4.69) is 218 Å². The summed E-state index contributed by atoms with van der Waals surface area (Å²) in [4.78, 5) is 10.3. The molecule has 10 aromatic carbocycles. The number of nitrogens with zero attached hydrogens (tertiary/aromatic N) is 2. The van der Waals surface area contributed by atoms with Crippen molar-refractivity contribution >= 4 is 33.2 Å². The average molecular weight is 802 g/mol. The maximum atomic E-state index is 5.18. The molecule has 1 heterocycles. The highest BCUT2D eigenvalue weighted by Gasteiger charge is 2.50. The van der Waals surface area contributed by atoms with Crippen molar-refractivity contribution in [3.05, 3.63) is 263 Å². The number of hydrogen-bond acceptors (Lipinski definition) is 3. The van der Waals surface area contributed by atoms with Crippen molar-refractivity contribution in [2.75, 3.05) is 0 Å². The van der Waals surface area contributed by atoms with Gasteiger partial charge in [0.1, 0.15) is 12.0 Å². The van der Waals surface area contributed by atoms with Crippen molar-refractivity contribution in [1.29, 1.82) is 0 Å². The first-order chi connectivity index (χ1) is 31.2. The monoisotopic (exact) mass is 801 g/mol. The van der Waals surface area contributed by atoms with Crippen LogP contribution >= 0.6 is 0 Å². The summed E-state index contributed by atoms with van der Waals surface area (Å²) in [7, 11) is 0. The van der Waals surface area contributed by atoms with Crippen molar-refractivity contribution < 1.29 is 0 Å². The van der Waals surface area contributed by atoms with Crippen molar-refractivity contribution in [3.63, 3.8) is 0 Å². The summed E-state index contributed by atoms with van der Waals surface area (Å²) in [6.45, 7) is 0. The Balaban J connectivity index is 0.888. The van der Waals surface area contributed by atoms with Gasteiger partial charge in [-0.25, -0.2) is 9.98 Å². The standard InChI is InChI=1S/C60H39N3/c1-3-13-38(14-4-1)39-27-31-43(32-28-39)58-61-57(42-15-5-2-6-16-42)62-59(63-58)48-22-10-21-46(36-48)44-19-9-20-45(35-44)47-33-34-50-49-23-7-8-24-51(49)60(54(50)37-47)52-25-11-17-40-29-30-41-18-12-26-53(60)56(41)55(40)52/h1-37,57H,(H,61,62,63). The second-order valence-electron chi connectivity index (χ2n) is 16.9. The summed E-state index contributed by atoms with van der Waals surface area (Å²) in [6, 6.07) is 81.7. The topological polar surface area (TPSA) is 36.8 Å². The number of rotatable bonds is 6. The highest BCUT2D eigenvalue weighted by Crippen LogP contribution is 2.62. The minimum Gasteiger partial charge on any atom is -0.344 e. The fourth-order valence-electron chi connectivity index (χ4n) is 10.7. The highest BCUT2D eigenvalue weighted by atomic mass is 15.2. The van der Waals surface area contributed by atoms with E-state index in [9.17, 15) is 0 Å². The highest BCUT2D eigenvalue weighted by molar-refractivity contribution is 6.17. The van der Waals surface area contributed by atoms with E-state index >= 15 is 0 Å². The molecule has 1 atom stereocenters. The molecule has 3 aliphatic rings. The Kier molecular flexibility index (Phi) is 7.88. The quantitative estimate of drug-likeness (QED) is 0.167. The molecule has 0 saturated heterocycles. The lowest BCUT2D eigenvalue weighted by molar-refractivity contribution is 0.674. The fourth-order valence-corrected chi connectivity index (χ4v) is 10.7. The Bertz CT molecular complexity index is 3470. The van der Waals surface area contributed by atoms with Gasteiger partial charge in [0.05, 0.1) is 5.41 Å². The minimum absolute atomic E-state index is 0.282. The molecule has 1 aliphatic heterocycles. The van der Waals surface area contributed by atoms with Crippen LogP contribution in [0.5, 0.6) is 0 Å². The number of fused-ring (bicyclic) bond motifs is 7. The van der Waals surface area contributed by atoms with Crippen molar-refractivity contribution in [3.8, 4) is 44.5 Å². The van der Waals surface area contributed by atoms with Crippen molar-refractivity contribution in [2.45, 2.75) is 11.6 Å². The SMILES string of the molecule is c1ccc(-c2ccc(C3=NC(c4ccccc4)NC(c4cccc(-c5cccc(-c6ccc7c(c6)C6(c8ccccc8-7)c7cccc8ccc9cccc6c9c78)c5)c4)=N3)cc2)cc1. The predicted molar refractivity (Wildman–Crippen MR) is 260 cm³/mol. The Morgan fingerprint density at radius 3 is 1.54 bits per heavy atom. The summed E-state index contributed by atoms with van der Waals surface area (Å²) in [5.74, 6) is 1.50. The Morgan fingerprint density at radius 2 is 0.841 bits per heavy atom. The maximum Gasteiger partial charge on any atom is 0.159 e. The van der Waals surface area contributed by atoms with Crippen LogP contribution in [0.3, 0.4) is 0 Å². The minimum atomic E-state index is -0.395. The second-order valence-corrected chi connectivity index (χ2v) is 16.9. The molecule has 0 amide bonds. The van der Waals surface area contributed by atoms with Crippen LogP contribution in [-0.4, -0.2) is 11.7 Å². The summed E-state index contributed by atoms with van der Waals surface area (Å²) < 4.78 is 0. The molecule has 1 spiro atoms. The van der Waals surface area contributed by atoms with Gasteiger partial charge in [-0.2, -0.15) is 0 Å². The van der Waals surface area contributed by atoms with Gasteiger partial charge >= 0.3 is 0 Å². The van der Waals surface area contributed by atoms with Crippen LogP contribution in [-0.2, 0) is 5.41 Å². The van der Waals surface area contributed by atoms with E-state index in [0.717, 1.165) is 39.2 Å². The van der Waals surface area contributed by atoms with E-state index in [4.69, 9.17) is 9.98 Å². The molecule has 2 aliphatic carbocycles. The third-order valence-corrected chi connectivity index (χ3v) is 13.5. The van der Waals surface area contributed by atoms with E-state index < -0.39 is 5.41 Å². The van der Waals surface area contributed by atoms with Gasteiger partial charge in [0.25, 0.3) is 0 Å². The van der Waals surface area contributed by atoms with Gasteiger partial charge in [-0.05, 0) is 112 Å². The largest absolute Gasteiger partial charge is 0.344 e. The van der Waals surface area contributed by atoms with E-state index in [1.165, 1.54) is 71.6 Å². The van der Waals surface area contributed by atoms with Crippen molar-refractivity contribution in [1.82, 2.24) is 5.32 Å². The van der Waals surface area contributed by atoms with E-state index in [-0.39, 0.29) is 6.17 Å². The predicted octanol–water partition coefficient (Wildman–Crippen LogP) is 14.2. The first-order valence-electron chi connectivity index (χ1n) is 21.8. The van der Waals surface area contributed by atoms with Gasteiger partial charge in [0.2, 0.25) is 0 Å². The maximum absolute atomic E-state index is 5.18. The molecule has 63 heavy (non-hydrogen) atoms. The lowest BCUT2D eigenvalue weighted by Crippen LogP contribution is -2.33. The smallest absolute Gasteiger partial charge is 0.159 e. The van der Waals surface area contributed by atoms with Crippen LogP contribution in [0.15, 0.2) is 234 Å². The molecule has 0 fully saturated rings. The van der Waals surface area contributed by atoms with Gasteiger partial charge in [-0.1, -0.05) is 206 Å². The Morgan fingerprint density at radius 1 is 0.349 bits per heavy atom. The Hall–Kier alpha value is -8.14. The third-order valence-electron chi connectivity index (χ3n) is 13.5. The normalized spacial score (nSPS) is 15.3. The molecular formula is C60H39N3. The van der Waals surface area contributed by atoms with Crippen LogP contribution in [0.1, 0.15) is 45.1 Å².